The van der Waals surface area contributed by atoms with Crippen LogP contribution in [-0.2, 0) is 20.9 Å². The van der Waals surface area contributed by atoms with Crippen LogP contribution in [0.3, 0.4) is 0 Å². The first kappa shape index (κ1) is 24.2. The number of thiazole rings is 1. The van der Waals surface area contributed by atoms with Crippen LogP contribution in [0, 0.1) is 12.8 Å². The SMILES string of the molecule is Cc1ncsc1-c1ccc(CNC(=O)[C@@H]2C[C@@H](O)CN2C(=O)[C@@H](OC(N)=O)C2CCCC2)cc1. The molecule has 2 heterocycles. The summed E-state index contributed by atoms with van der Waals surface area (Å²) in [6.45, 7) is 2.28. The standard InChI is InChI=1S/C24H30N4O5S/c1-14-21(34-13-27-14)17-8-6-15(7-9-17)11-26-22(30)19-10-18(29)12-28(19)23(31)20(33-24(25)32)16-4-2-3-5-16/h6-9,13,16,18-20,29H,2-5,10-12H2,1H3,(H2,25,32)(H,26,30)/t18-,19+,20+/m1/s1. The van der Waals surface area contributed by atoms with Gasteiger partial charge in [-0.2, -0.15) is 0 Å². The van der Waals surface area contributed by atoms with E-state index in [-0.39, 0.29) is 24.8 Å². The van der Waals surface area contributed by atoms with Crippen molar-refractivity contribution >= 4 is 29.2 Å². The first-order valence-electron chi connectivity index (χ1n) is 11.5. The van der Waals surface area contributed by atoms with E-state index in [1.165, 1.54) is 4.90 Å². The number of carbonyl (C=O) groups is 3. The Morgan fingerprint density at radius 1 is 1.26 bits per heavy atom. The average molecular weight is 487 g/mol. The maximum absolute atomic E-state index is 13.3. The van der Waals surface area contributed by atoms with Gasteiger partial charge >= 0.3 is 6.09 Å². The third-order valence-corrected chi connectivity index (χ3v) is 7.59. The fourth-order valence-corrected chi connectivity index (χ4v) is 5.67. The van der Waals surface area contributed by atoms with Crippen molar-refractivity contribution in [3.8, 4) is 10.4 Å². The van der Waals surface area contributed by atoms with Crippen LogP contribution in [0.15, 0.2) is 29.8 Å². The van der Waals surface area contributed by atoms with Gasteiger partial charge < -0.3 is 25.8 Å². The molecule has 1 saturated heterocycles. The number of carbonyl (C=O) groups excluding carboxylic acids is 3. The van der Waals surface area contributed by atoms with Crippen molar-refractivity contribution < 1.29 is 24.2 Å². The zero-order valence-corrected chi connectivity index (χ0v) is 19.9. The number of hydrogen-bond donors (Lipinski definition) is 3. The minimum atomic E-state index is -1.02. The van der Waals surface area contributed by atoms with Gasteiger partial charge in [0.15, 0.2) is 6.10 Å². The molecule has 0 radical (unpaired) electrons. The van der Waals surface area contributed by atoms with Crippen molar-refractivity contribution in [1.82, 2.24) is 15.2 Å². The van der Waals surface area contributed by atoms with Gasteiger partial charge in [-0.25, -0.2) is 9.78 Å². The number of aliphatic hydroxyl groups is 1. The van der Waals surface area contributed by atoms with E-state index in [2.05, 4.69) is 10.3 Å². The molecule has 3 atom stereocenters. The number of likely N-dealkylation sites (tertiary alicyclic amines) is 1. The van der Waals surface area contributed by atoms with Gasteiger partial charge in [0.1, 0.15) is 6.04 Å². The number of rotatable bonds is 7. The highest BCUT2D eigenvalue weighted by atomic mass is 32.1. The molecular formula is C24H30N4O5S. The lowest BCUT2D eigenvalue weighted by atomic mass is 9.99. The van der Waals surface area contributed by atoms with E-state index in [4.69, 9.17) is 10.5 Å². The van der Waals surface area contributed by atoms with Crippen LogP contribution in [0.4, 0.5) is 4.79 Å². The molecule has 3 amide bonds. The molecule has 34 heavy (non-hydrogen) atoms. The summed E-state index contributed by atoms with van der Waals surface area (Å²) in [7, 11) is 0. The molecule has 1 aliphatic carbocycles. The Balaban J connectivity index is 1.40. The van der Waals surface area contributed by atoms with Crippen molar-refractivity contribution in [2.24, 2.45) is 11.7 Å². The summed E-state index contributed by atoms with van der Waals surface area (Å²) in [4.78, 5) is 44.4. The Hall–Kier alpha value is -2.98. The lowest BCUT2D eigenvalue weighted by Crippen LogP contribution is -2.51. The van der Waals surface area contributed by atoms with Crippen LogP contribution in [0.1, 0.15) is 43.4 Å². The Morgan fingerprint density at radius 3 is 2.59 bits per heavy atom. The Bertz CT molecular complexity index is 1030. The largest absolute Gasteiger partial charge is 0.436 e. The molecule has 0 unspecified atom stereocenters. The summed E-state index contributed by atoms with van der Waals surface area (Å²) < 4.78 is 5.18. The molecule has 0 spiro atoms. The van der Waals surface area contributed by atoms with E-state index in [0.717, 1.165) is 47.4 Å². The highest BCUT2D eigenvalue weighted by molar-refractivity contribution is 7.13. The van der Waals surface area contributed by atoms with Gasteiger partial charge in [-0.1, -0.05) is 37.1 Å². The second-order valence-corrected chi connectivity index (χ2v) is 9.83. The van der Waals surface area contributed by atoms with E-state index in [1.54, 1.807) is 11.3 Å². The van der Waals surface area contributed by atoms with Gasteiger partial charge in [-0.15, -0.1) is 11.3 Å². The van der Waals surface area contributed by atoms with Gasteiger partial charge in [-0.3, -0.25) is 9.59 Å². The number of ether oxygens (including phenoxy) is 1. The molecular weight excluding hydrogens is 456 g/mol. The van der Waals surface area contributed by atoms with Crippen molar-refractivity contribution in [3.05, 3.63) is 41.0 Å². The smallest absolute Gasteiger partial charge is 0.405 e. The molecule has 182 valence electrons. The quantitative estimate of drug-likeness (QED) is 0.550. The number of nitrogens with one attached hydrogen (secondary N) is 1. The summed E-state index contributed by atoms with van der Waals surface area (Å²) in [5.74, 6) is -0.939. The number of aromatic nitrogens is 1. The summed E-state index contributed by atoms with van der Waals surface area (Å²) in [5.41, 5.74) is 9.99. The van der Waals surface area contributed by atoms with E-state index in [9.17, 15) is 19.5 Å². The number of amides is 3. The summed E-state index contributed by atoms with van der Waals surface area (Å²) in [5, 5.41) is 13.1. The van der Waals surface area contributed by atoms with Crippen molar-refractivity contribution in [1.29, 1.82) is 0 Å². The highest BCUT2D eigenvalue weighted by Gasteiger charge is 2.44. The second-order valence-electron chi connectivity index (χ2n) is 8.98. The summed E-state index contributed by atoms with van der Waals surface area (Å²) in [6, 6.07) is 7.03. The van der Waals surface area contributed by atoms with Gasteiger partial charge in [0.25, 0.3) is 5.91 Å². The van der Waals surface area contributed by atoms with Crippen LogP contribution in [-0.4, -0.2) is 57.7 Å². The molecule has 10 heteroatoms. The molecule has 2 aliphatic rings. The molecule has 1 saturated carbocycles. The number of benzene rings is 1. The van der Waals surface area contributed by atoms with Gasteiger partial charge in [0, 0.05) is 25.4 Å². The molecule has 4 N–H and O–H groups in total. The van der Waals surface area contributed by atoms with Gasteiger partial charge in [-0.05, 0) is 30.9 Å². The maximum atomic E-state index is 13.3. The third kappa shape index (κ3) is 5.39. The molecule has 0 bridgehead atoms. The topological polar surface area (TPSA) is 135 Å². The fourth-order valence-electron chi connectivity index (χ4n) is 4.86. The predicted molar refractivity (Wildman–Crippen MR) is 127 cm³/mol. The lowest BCUT2D eigenvalue weighted by molar-refractivity contribution is -0.147. The number of hydrogen-bond acceptors (Lipinski definition) is 7. The molecule has 1 aromatic heterocycles. The number of primary amides is 1. The van der Waals surface area contributed by atoms with Crippen LogP contribution in [0.5, 0.6) is 0 Å². The number of nitrogens with zero attached hydrogens (tertiary/aromatic N) is 2. The number of nitrogens with two attached hydrogens (primary N) is 1. The summed E-state index contributed by atoms with van der Waals surface area (Å²) >= 11 is 1.58. The average Bonchev–Trinajstić information content (AvgIpc) is 3.57. The van der Waals surface area contributed by atoms with Crippen molar-refractivity contribution in [3.63, 3.8) is 0 Å². The molecule has 9 nitrogen and oxygen atoms in total. The second kappa shape index (κ2) is 10.5. The van der Waals surface area contributed by atoms with E-state index in [0.29, 0.717) is 6.54 Å². The minimum absolute atomic E-state index is 0.0190. The predicted octanol–water partition coefficient (Wildman–Crippen LogP) is 2.35. The first-order chi connectivity index (χ1) is 16.3. The zero-order valence-electron chi connectivity index (χ0n) is 19.1. The van der Waals surface area contributed by atoms with Gasteiger partial charge in [0.2, 0.25) is 5.91 Å². The number of aryl methyl sites for hydroxylation is 1. The van der Waals surface area contributed by atoms with Crippen LogP contribution >= 0.6 is 11.3 Å². The Kier molecular flexibility index (Phi) is 7.47. The molecule has 1 aliphatic heterocycles. The van der Waals surface area contributed by atoms with Gasteiger partial charge in [0.05, 0.1) is 22.2 Å². The highest BCUT2D eigenvalue weighted by Crippen LogP contribution is 2.32. The number of aliphatic hydroxyl groups excluding tert-OH is 1. The molecule has 4 rings (SSSR count). The Labute approximate surface area is 202 Å². The molecule has 2 aromatic rings. The van der Waals surface area contributed by atoms with E-state index < -0.39 is 30.3 Å². The number of β-amino-alcohol motifs (C(OH)–C–C–N with tert-alkyl or cyclic N) is 1. The lowest BCUT2D eigenvalue weighted by Gasteiger charge is -2.30. The zero-order chi connectivity index (χ0) is 24.2. The van der Waals surface area contributed by atoms with Crippen molar-refractivity contribution in [2.75, 3.05) is 6.54 Å². The maximum Gasteiger partial charge on any atom is 0.405 e. The monoisotopic (exact) mass is 486 g/mol. The first-order valence-corrected chi connectivity index (χ1v) is 12.4. The third-order valence-electron chi connectivity index (χ3n) is 6.61. The van der Waals surface area contributed by atoms with Crippen LogP contribution < -0.4 is 11.1 Å². The fraction of sp³-hybridized carbons (Fsp3) is 0.500. The molecule has 1 aromatic carbocycles. The van der Waals surface area contributed by atoms with Crippen LogP contribution in [0.25, 0.3) is 10.4 Å². The van der Waals surface area contributed by atoms with E-state index >= 15 is 0 Å². The minimum Gasteiger partial charge on any atom is -0.436 e. The van der Waals surface area contributed by atoms with Crippen molar-refractivity contribution in [2.45, 2.75) is 63.8 Å². The van der Waals surface area contributed by atoms with E-state index in [1.807, 2.05) is 36.7 Å². The normalized spacial score (nSPS) is 21.4. The Morgan fingerprint density at radius 2 is 1.97 bits per heavy atom. The van der Waals surface area contributed by atoms with Crippen LogP contribution in [0.2, 0.25) is 0 Å². The summed E-state index contributed by atoms with van der Waals surface area (Å²) in [6.07, 6.45) is 0.692. The molecule has 2 fully saturated rings.